The number of carbonyl (C=O) groups is 3. The number of urea groups is 1. The summed E-state index contributed by atoms with van der Waals surface area (Å²) in [4.78, 5) is 43.2. The number of halogens is 3. The number of rotatable bonds is 6. The van der Waals surface area contributed by atoms with Crippen molar-refractivity contribution < 1.29 is 41.5 Å². The second-order valence-electron chi connectivity index (χ2n) is 9.27. The first kappa shape index (κ1) is 24.7. The van der Waals surface area contributed by atoms with Crippen LogP contribution in [0.2, 0.25) is 0 Å². The number of amides is 3. The van der Waals surface area contributed by atoms with Crippen molar-refractivity contribution in [2.45, 2.75) is 24.7 Å². The lowest BCUT2D eigenvalue weighted by Gasteiger charge is -2.32. The number of benzene rings is 2. The van der Waals surface area contributed by atoms with Crippen LogP contribution in [0.25, 0.3) is 0 Å². The molecule has 2 bridgehead atoms. The maximum atomic E-state index is 13.8. The molecule has 192 valence electrons. The Morgan fingerprint density at radius 1 is 1.11 bits per heavy atom. The quantitative estimate of drug-likeness (QED) is 0.431. The van der Waals surface area contributed by atoms with Gasteiger partial charge in [-0.25, -0.2) is 14.2 Å². The van der Waals surface area contributed by atoms with Gasteiger partial charge in [-0.1, -0.05) is 6.07 Å². The maximum absolute atomic E-state index is 13.8. The summed E-state index contributed by atoms with van der Waals surface area (Å²) in [6.07, 6.45) is -4.87. The van der Waals surface area contributed by atoms with Crippen LogP contribution in [0, 0.1) is 11.3 Å². The molecule has 5 rings (SSSR count). The summed E-state index contributed by atoms with van der Waals surface area (Å²) in [6.45, 7) is 0.608. The molecule has 0 aliphatic carbocycles. The fourth-order valence-electron chi connectivity index (χ4n) is 5.66. The van der Waals surface area contributed by atoms with Gasteiger partial charge >= 0.3 is 12.2 Å². The van der Waals surface area contributed by atoms with Gasteiger partial charge in [0.05, 0.1) is 50.2 Å². The zero-order chi connectivity index (χ0) is 26.7. The van der Waals surface area contributed by atoms with Gasteiger partial charge in [-0.15, -0.1) is 0 Å². The van der Waals surface area contributed by atoms with E-state index in [1.165, 1.54) is 20.3 Å². The fraction of sp³-hybridized carbons (Fsp3) is 0.360. The van der Waals surface area contributed by atoms with Crippen molar-refractivity contribution in [1.29, 1.82) is 5.26 Å². The molecule has 2 aromatic carbocycles. The van der Waals surface area contributed by atoms with Crippen LogP contribution >= 0.6 is 0 Å². The smallest absolute Gasteiger partial charge is 0.433 e. The molecule has 1 spiro atoms. The van der Waals surface area contributed by atoms with E-state index in [9.17, 15) is 27.6 Å². The number of hydrogen-bond donors (Lipinski definition) is 0. The maximum Gasteiger partial charge on any atom is 0.433 e. The minimum atomic E-state index is -4.85. The standard InChI is InChI=1S/C25H22F3N4O5/c1-36-21-6-3-14(8-22(21)37-2)7-20(33)18-11-30-12-19-23(34)31(24(35)32(18,19)13-30)16-5-4-15(10-29)17(9-16)25(26,27)28/h3-6,8-9,18-19H,7,11-13H2,1-2H3/q+1. The first-order valence-corrected chi connectivity index (χ1v) is 11.4. The number of alkyl halides is 3. The van der Waals surface area contributed by atoms with Gasteiger partial charge in [0.1, 0.15) is 6.67 Å². The van der Waals surface area contributed by atoms with Crippen LogP contribution in [-0.4, -0.2) is 73.2 Å². The van der Waals surface area contributed by atoms with Gasteiger partial charge in [-0.2, -0.15) is 23.3 Å². The molecule has 0 N–H and O–H groups in total. The summed E-state index contributed by atoms with van der Waals surface area (Å²) in [7, 11) is 2.96. The fourth-order valence-corrected chi connectivity index (χ4v) is 5.66. The lowest BCUT2D eigenvalue weighted by molar-refractivity contribution is -0.852. The second kappa shape index (κ2) is 8.57. The largest absolute Gasteiger partial charge is 0.493 e. The lowest BCUT2D eigenvalue weighted by atomic mass is 9.98. The van der Waals surface area contributed by atoms with E-state index in [-0.39, 0.29) is 37.6 Å². The average Bonchev–Trinajstić information content (AvgIpc) is 3.51. The van der Waals surface area contributed by atoms with Gasteiger partial charge in [0, 0.05) is 6.42 Å². The molecular weight excluding hydrogens is 493 g/mol. The summed E-state index contributed by atoms with van der Waals surface area (Å²) < 4.78 is 50.7. The SMILES string of the molecule is COc1ccc(CC(=O)C2CN3CC4C(=O)N(c5ccc(C#N)c(C(F)(F)F)c5)C(=O)[N+]24C3)cc1OC. The van der Waals surface area contributed by atoms with Crippen LogP contribution in [0.5, 0.6) is 11.5 Å². The van der Waals surface area contributed by atoms with Gasteiger partial charge < -0.3 is 9.47 Å². The average molecular weight is 515 g/mol. The van der Waals surface area contributed by atoms with Crippen molar-refractivity contribution in [3.05, 3.63) is 53.1 Å². The highest BCUT2D eigenvalue weighted by atomic mass is 19.4. The van der Waals surface area contributed by atoms with Crippen molar-refractivity contribution in [3.63, 3.8) is 0 Å². The molecule has 37 heavy (non-hydrogen) atoms. The molecule has 9 nitrogen and oxygen atoms in total. The number of ketones is 1. The van der Waals surface area contributed by atoms with E-state index in [0.717, 1.165) is 17.0 Å². The van der Waals surface area contributed by atoms with Crippen LogP contribution < -0.4 is 14.4 Å². The van der Waals surface area contributed by atoms with Crippen LogP contribution in [-0.2, 0) is 22.2 Å². The second-order valence-corrected chi connectivity index (χ2v) is 9.27. The van der Waals surface area contributed by atoms with E-state index >= 15 is 0 Å². The summed E-state index contributed by atoms with van der Waals surface area (Å²) in [5.74, 6) is 0.00815. The predicted octanol–water partition coefficient (Wildman–Crippen LogP) is 2.71. The monoisotopic (exact) mass is 515 g/mol. The van der Waals surface area contributed by atoms with Crippen LogP contribution in [0.1, 0.15) is 16.7 Å². The topological polar surface area (TPSA) is 99.9 Å². The Morgan fingerprint density at radius 3 is 2.49 bits per heavy atom. The molecule has 0 radical (unpaired) electrons. The number of hydrogen-bond acceptors (Lipinski definition) is 7. The summed E-state index contributed by atoms with van der Waals surface area (Å²) in [5, 5.41) is 9.08. The molecule has 12 heteroatoms. The number of carbonyl (C=O) groups excluding carboxylic acids is 3. The lowest BCUT2D eigenvalue weighted by Crippen LogP contribution is -2.62. The number of nitrogens with zero attached hydrogens (tertiary/aromatic N) is 4. The van der Waals surface area contributed by atoms with E-state index in [0.29, 0.717) is 23.1 Å². The van der Waals surface area contributed by atoms with E-state index in [2.05, 4.69) is 0 Å². The Labute approximate surface area is 209 Å². The van der Waals surface area contributed by atoms with Crippen LogP contribution in [0.3, 0.4) is 0 Å². The Kier molecular flexibility index (Phi) is 5.73. The molecule has 0 saturated carbocycles. The van der Waals surface area contributed by atoms with Crippen molar-refractivity contribution in [2.75, 3.05) is 38.9 Å². The predicted molar refractivity (Wildman–Crippen MR) is 122 cm³/mol. The molecular formula is C25H22F3N4O5+. The number of piperazine rings is 1. The van der Waals surface area contributed by atoms with Crippen molar-refractivity contribution >= 4 is 23.4 Å². The Bertz CT molecular complexity index is 1370. The summed E-state index contributed by atoms with van der Waals surface area (Å²) in [6, 6.07) is 6.77. The number of fused-ring (bicyclic) bond motifs is 1. The molecule has 3 saturated heterocycles. The Hall–Kier alpha value is -3.95. The first-order valence-electron chi connectivity index (χ1n) is 11.4. The molecule has 3 fully saturated rings. The van der Waals surface area contributed by atoms with Crippen molar-refractivity contribution in [3.8, 4) is 17.6 Å². The highest BCUT2D eigenvalue weighted by Crippen LogP contribution is 2.45. The first-order chi connectivity index (χ1) is 17.5. The van der Waals surface area contributed by atoms with Gasteiger partial charge in [-0.05, 0) is 35.9 Å². The third-order valence-electron chi connectivity index (χ3n) is 7.35. The Morgan fingerprint density at radius 2 is 1.84 bits per heavy atom. The third kappa shape index (κ3) is 3.65. The zero-order valence-corrected chi connectivity index (χ0v) is 19.9. The number of ether oxygens (including phenoxy) is 2. The molecule has 4 atom stereocenters. The highest BCUT2D eigenvalue weighted by molar-refractivity contribution is 6.18. The minimum absolute atomic E-state index is 0.0257. The number of anilines is 1. The van der Waals surface area contributed by atoms with Gasteiger partial charge in [0.25, 0.3) is 5.91 Å². The van der Waals surface area contributed by atoms with Gasteiger partial charge in [0.2, 0.25) is 0 Å². The van der Waals surface area contributed by atoms with Crippen LogP contribution in [0.4, 0.5) is 23.7 Å². The van der Waals surface area contributed by atoms with Crippen molar-refractivity contribution in [2.24, 2.45) is 0 Å². The molecule has 3 aliphatic rings. The Balaban J connectivity index is 1.47. The zero-order valence-electron chi connectivity index (χ0n) is 19.9. The number of nitriles is 1. The van der Waals surface area contributed by atoms with E-state index in [1.807, 2.05) is 4.90 Å². The molecule has 4 unspecified atom stereocenters. The molecule has 3 heterocycles. The number of imide groups is 1. The molecule has 3 aliphatic heterocycles. The van der Waals surface area contributed by atoms with E-state index < -0.39 is 45.8 Å². The third-order valence-corrected chi connectivity index (χ3v) is 7.35. The van der Waals surface area contributed by atoms with Crippen molar-refractivity contribution in [1.82, 2.24) is 4.90 Å². The molecule has 2 aromatic rings. The summed E-state index contributed by atoms with van der Waals surface area (Å²) in [5.41, 5.74) is -1.48. The number of quaternary nitrogens is 1. The minimum Gasteiger partial charge on any atom is -0.493 e. The molecule has 3 amide bonds. The highest BCUT2D eigenvalue weighted by Gasteiger charge is 2.73. The van der Waals surface area contributed by atoms with E-state index in [4.69, 9.17) is 14.7 Å². The molecule has 0 aromatic heterocycles. The van der Waals surface area contributed by atoms with E-state index in [1.54, 1.807) is 18.2 Å². The van der Waals surface area contributed by atoms with Gasteiger partial charge in [-0.3, -0.25) is 9.59 Å². The van der Waals surface area contributed by atoms with Crippen LogP contribution in [0.15, 0.2) is 36.4 Å². The van der Waals surface area contributed by atoms with Gasteiger partial charge in [0.15, 0.2) is 29.4 Å². The summed E-state index contributed by atoms with van der Waals surface area (Å²) >= 11 is 0. The normalized spacial score (nSPS) is 26.3. The number of methoxy groups -OCH3 is 2. The number of Topliss-reactive ketones (excluding diaryl/α,β-unsaturated/α-hetero) is 1.